The molecule has 0 aromatic heterocycles. The van der Waals surface area contributed by atoms with Gasteiger partial charge in [-0.05, 0) is 47.8 Å². The Morgan fingerprint density at radius 3 is 2.81 bits per heavy atom. The van der Waals surface area contributed by atoms with Crippen LogP contribution >= 0.6 is 15.9 Å². The number of aryl methyl sites for hydroxylation is 1. The van der Waals surface area contributed by atoms with Crippen LogP contribution in [-0.4, -0.2) is 5.91 Å². The number of anilines is 1. The molecule has 0 atom stereocenters. The molecule has 0 spiro atoms. The van der Waals surface area contributed by atoms with Gasteiger partial charge in [0.1, 0.15) is 0 Å². The van der Waals surface area contributed by atoms with Gasteiger partial charge < -0.3 is 5.32 Å². The number of hydrogen-bond acceptors (Lipinski definition) is 1. The van der Waals surface area contributed by atoms with E-state index in [1.807, 2.05) is 45.0 Å². The zero-order chi connectivity index (χ0) is 12.1. The highest BCUT2D eigenvalue weighted by Crippen LogP contribution is 2.25. The number of halogens is 1. The number of allylic oxidation sites excluding steroid dienone is 1. The second kappa shape index (κ2) is 5.85. The molecule has 2 nitrogen and oxygen atoms in total. The molecule has 0 radical (unpaired) electrons. The number of nitrogens with one attached hydrogen (secondary N) is 1. The highest BCUT2D eigenvalue weighted by molar-refractivity contribution is 9.10. The van der Waals surface area contributed by atoms with E-state index in [0.717, 1.165) is 27.7 Å². The van der Waals surface area contributed by atoms with E-state index in [4.69, 9.17) is 0 Å². The first-order valence-electron chi connectivity index (χ1n) is 5.29. The topological polar surface area (TPSA) is 29.1 Å². The summed E-state index contributed by atoms with van der Waals surface area (Å²) in [6.07, 6.45) is 2.78. The SMILES string of the molecule is CC/C=C(/C)C(=O)Nc1cccc(C)c1Br. The van der Waals surface area contributed by atoms with Crippen LogP contribution in [0.4, 0.5) is 5.69 Å². The highest BCUT2D eigenvalue weighted by Gasteiger charge is 2.07. The summed E-state index contributed by atoms with van der Waals surface area (Å²) in [4.78, 5) is 11.8. The van der Waals surface area contributed by atoms with Crippen LogP contribution in [0.1, 0.15) is 25.8 Å². The Balaban J connectivity index is 2.85. The Bertz CT molecular complexity index is 424. The van der Waals surface area contributed by atoms with Crippen molar-refractivity contribution in [1.82, 2.24) is 0 Å². The van der Waals surface area contributed by atoms with E-state index >= 15 is 0 Å². The van der Waals surface area contributed by atoms with Gasteiger partial charge in [-0.2, -0.15) is 0 Å². The van der Waals surface area contributed by atoms with E-state index in [9.17, 15) is 4.79 Å². The Hall–Kier alpha value is -1.09. The first-order valence-corrected chi connectivity index (χ1v) is 6.08. The quantitative estimate of drug-likeness (QED) is 0.832. The maximum Gasteiger partial charge on any atom is 0.251 e. The van der Waals surface area contributed by atoms with Crippen molar-refractivity contribution >= 4 is 27.5 Å². The molecule has 1 N–H and O–H groups in total. The summed E-state index contributed by atoms with van der Waals surface area (Å²) in [5.41, 5.74) is 2.67. The van der Waals surface area contributed by atoms with Crippen LogP contribution in [0.5, 0.6) is 0 Å². The van der Waals surface area contributed by atoms with Crippen molar-refractivity contribution < 1.29 is 4.79 Å². The summed E-state index contributed by atoms with van der Waals surface area (Å²) >= 11 is 3.46. The third kappa shape index (κ3) is 3.20. The molecule has 1 aromatic carbocycles. The van der Waals surface area contributed by atoms with Gasteiger partial charge in [-0.25, -0.2) is 0 Å². The average molecular weight is 282 g/mol. The molecular weight excluding hydrogens is 266 g/mol. The van der Waals surface area contributed by atoms with Gasteiger partial charge in [0.15, 0.2) is 0 Å². The molecule has 0 unspecified atom stereocenters. The Morgan fingerprint density at radius 2 is 2.19 bits per heavy atom. The monoisotopic (exact) mass is 281 g/mol. The van der Waals surface area contributed by atoms with Crippen molar-refractivity contribution in [3.63, 3.8) is 0 Å². The molecule has 0 aliphatic heterocycles. The molecule has 0 fully saturated rings. The minimum absolute atomic E-state index is 0.0480. The first kappa shape index (κ1) is 13.0. The molecule has 0 aliphatic carbocycles. The third-order valence-electron chi connectivity index (χ3n) is 2.31. The Kier molecular flexibility index (Phi) is 4.74. The second-order valence-corrected chi connectivity index (χ2v) is 4.48. The normalized spacial score (nSPS) is 11.4. The van der Waals surface area contributed by atoms with E-state index in [0.29, 0.717) is 0 Å². The summed E-state index contributed by atoms with van der Waals surface area (Å²) in [5, 5.41) is 2.88. The molecule has 1 rings (SSSR count). The lowest BCUT2D eigenvalue weighted by atomic mass is 10.2. The van der Waals surface area contributed by atoms with Crippen LogP contribution in [0.3, 0.4) is 0 Å². The second-order valence-electron chi connectivity index (χ2n) is 3.69. The van der Waals surface area contributed by atoms with Crippen molar-refractivity contribution in [3.05, 3.63) is 39.9 Å². The van der Waals surface area contributed by atoms with Crippen LogP contribution in [0.15, 0.2) is 34.3 Å². The predicted molar refractivity (Wildman–Crippen MR) is 71.6 cm³/mol. The summed E-state index contributed by atoms with van der Waals surface area (Å²) in [6.45, 7) is 5.83. The fraction of sp³-hybridized carbons (Fsp3) is 0.308. The van der Waals surface area contributed by atoms with E-state index in [2.05, 4.69) is 21.2 Å². The lowest BCUT2D eigenvalue weighted by molar-refractivity contribution is -0.112. The van der Waals surface area contributed by atoms with Gasteiger partial charge in [-0.3, -0.25) is 4.79 Å². The summed E-state index contributed by atoms with van der Waals surface area (Å²) in [7, 11) is 0. The van der Waals surface area contributed by atoms with E-state index in [1.165, 1.54) is 0 Å². The summed E-state index contributed by atoms with van der Waals surface area (Å²) in [6, 6.07) is 5.80. The fourth-order valence-corrected chi connectivity index (χ4v) is 1.73. The molecule has 3 heteroatoms. The number of carbonyl (C=O) groups excluding carboxylic acids is 1. The number of amides is 1. The summed E-state index contributed by atoms with van der Waals surface area (Å²) in [5.74, 6) is -0.0480. The largest absolute Gasteiger partial charge is 0.321 e. The fourth-order valence-electron chi connectivity index (χ4n) is 1.36. The molecule has 0 aliphatic rings. The van der Waals surface area contributed by atoms with Crippen molar-refractivity contribution in [1.29, 1.82) is 0 Å². The summed E-state index contributed by atoms with van der Waals surface area (Å²) < 4.78 is 0.938. The number of carbonyl (C=O) groups is 1. The van der Waals surface area contributed by atoms with Crippen LogP contribution in [0.25, 0.3) is 0 Å². The molecule has 1 amide bonds. The smallest absolute Gasteiger partial charge is 0.251 e. The van der Waals surface area contributed by atoms with E-state index in [-0.39, 0.29) is 5.91 Å². The number of rotatable bonds is 3. The van der Waals surface area contributed by atoms with Gasteiger partial charge >= 0.3 is 0 Å². The molecule has 0 saturated carbocycles. The zero-order valence-electron chi connectivity index (χ0n) is 9.80. The van der Waals surface area contributed by atoms with Gasteiger partial charge in [-0.15, -0.1) is 0 Å². The van der Waals surface area contributed by atoms with Gasteiger partial charge in [-0.1, -0.05) is 25.1 Å². The molecule has 0 saturated heterocycles. The third-order valence-corrected chi connectivity index (χ3v) is 3.36. The lowest BCUT2D eigenvalue weighted by Gasteiger charge is -2.09. The molecule has 86 valence electrons. The minimum atomic E-state index is -0.0480. The standard InChI is InChI=1S/C13H16BrNO/c1-4-6-10(3)13(16)15-11-8-5-7-9(2)12(11)14/h5-8H,4H2,1-3H3,(H,15,16)/b10-6-. The maximum absolute atomic E-state index is 11.8. The maximum atomic E-state index is 11.8. The minimum Gasteiger partial charge on any atom is -0.321 e. The predicted octanol–water partition coefficient (Wildman–Crippen LogP) is 4.05. The Morgan fingerprint density at radius 1 is 1.50 bits per heavy atom. The first-order chi connectivity index (χ1) is 7.56. The van der Waals surface area contributed by atoms with Gasteiger partial charge in [0.25, 0.3) is 5.91 Å². The number of benzene rings is 1. The zero-order valence-corrected chi connectivity index (χ0v) is 11.4. The van der Waals surface area contributed by atoms with Crippen molar-refractivity contribution in [2.45, 2.75) is 27.2 Å². The molecule has 16 heavy (non-hydrogen) atoms. The van der Waals surface area contributed by atoms with Crippen LogP contribution in [-0.2, 0) is 4.79 Å². The number of hydrogen-bond donors (Lipinski definition) is 1. The van der Waals surface area contributed by atoms with Crippen molar-refractivity contribution in [2.75, 3.05) is 5.32 Å². The van der Waals surface area contributed by atoms with Gasteiger partial charge in [0, 0.05) is 10.0 Å². The van der Waals surface area contributed by atoms with E-state index in [1.54, 1.807) is 0 Å². The van der Waals surface area contributed by atoms with Crippen LogP contribution < -0.4 is 5.32 Å². The Labute approximate surface area is 105 Å². The highest BCUT2D eigenvalue weighted by atomic mass is 79.9. The van der Waals surface area contributed by atoms with Gasteiger partial charge in [0.2, 0.25) is 0 Å². The molecule has 1 aromatic rings. The van der Waals surface area contributed by atoms with Crippen LogP contribution in [0.2, 0.25) is 0 Å². The molecule has 0 bridgehead atoms. The molecular formula is C13H16BrNO. The van der Waals surface area contributed by atoms with Crippen LogP contribution in [0, 0.1) is 6.92 Å². The van der Waals surface area contributed by atoms with Crippen molar-refractivity contribution in [3.8, 4) is 0 Å². The van der Waals surface area contributed by atoms with E-state index < -0.39 is 0 Å². The molecule has 0 heterocycles. The van der Waals surface area contributed by atoms with Gasteiger partial charge in [0.05, 0.1) is 5.69 Å². The lowest BCUT2D eigenvalue weighted by Crippen LogP contribution is -2.13. The average Bonchev–Trinajstić information content (AvgIpc) is 2.25. The van der Waals surface area contributed by atoms with Crippen molar-refractivity contribution in [2.24, 2.45) is 0 Å².